The number of anilines is 1. The molecular weight excluding hydrogens is 396 g/mol. The Morgan fingerprint density at radius 2 is 2.00 bits per heavy atom. The van der Waals surface area contributed by atoms with Crippen molar-refractivity contribution in [1.82, 2.24) is 9.55 Å². The number of rotatable bonds is 6. The van der Waals surface area contributed by atoms with Crippen molar-refractivity contribution in [1.29, 1.82) is 0 Å². The van der Waals surface area contributed by atoms with Crippen LogP contribution in [0.5, 0.6) is 0 Å². The number of nitrogens with zero attached hydrogens (tertiary/aromatic N) is 2. The monoisotopic (exact) mass is 416 g/mol. The van der Waals surface area contributed by atoms with E-state index < -0.39 is 10.0 Å². The number of imidazole rings is 1. The Hall–Kier alpha value is -2.62. The van der Waals surface area contributed by atoms with Gasteiger partial charge in [-0.15, -0.1) is 0 Å². The van der Waals surface area contributed by atoms with Crippen LogP contribution in [0.4, 0.5) is 5.69 Å². The van der Waals surface area contributed by atoms with Gasteiger partial charge in [-0.05, 0) is 43.7 Å². The van der Waals surface area contributed by atoms with E-state index in [0.717, 1.165) is 11.3 Å². The van der Waals surface area contributed by atoms with Crippen LogP contribution in [0.3, 0.4) is 0 Å². The van der Waals surface area contributed by atoms with Crippen LogP contribution in [-0.4, -0.2) is 29.6 Å². The summed E-state index contributed by atoms with van der Waals surface area (Å²) in [6.07, 6.45) is 3.54. The van der Waals surface area contributed by atoms with Crippen LogP contribution in [0.2, 0.25) is 0 Å². The Kier molecular flexibility index (Phi) is 5.87. The zero-order chi connectivity index (χ0) is 20.3. The second-order valence-corrected chi connectivity index (χ2v) is 8.78. The zero-order valence-corrected chi connectivity index (χ0v) is 17.0. The third-order valence-electron chi connectivity index (χ3n) is 4.00. The van der Waals surface area contributed by atoms with Crippen LogP contribution in [0.15, 0.2) is 64.9 Å². The average Bonchev–Trinajstić information content (AvgIpc) is 3.08. The van der Waals surface area contributed by atoms with Crippen LogP contribution in [0.25, 0.3) is 5.69 Å². The van der Waals surface area contributed by atoms with Gasteiger partial charge in [0.2, 0.25) is 15.9 Å². The molecule has 9 heteroatoms. The number of carbonyl (C=O) groups is 1. The fraction of sp³-hybridized carbons (Fsp3) is 0.158. The van der Waals surface area contributed by atoms with Crippen molar-refractivity contribution in [2.24, 2.45) is 5.14 Å². The highest BCUT2D eigenvalue weighted by Gasteiger charge is 2.12. The Morgan fingerprint density at radius 1 is 1.21 bits per heavy atom. The fourth-order valence-electron chi connectivity index (χ4n) is 2.73. The summed E-state index contributed by atoms with van der Waals surface area (Å²) in [5, 5.41) is 8.49. The van der Waals surface area contributed by atoms with E-state index in [1.807, 2.05) is 36.7 Å². The molecule has 0 aliphatic heterocycles. The lowest BCUT2D eigenvalue weighted by Crippen LogP contribution is -2.16. The maximum atomic E-state index is 12.3. The van der Waals surface area contributed by atoms with E-state index in [-0.39, 0.29) is 16.6 Å². The number of hydrogen-bond donors (Lipinski definition) is 2. The minimum Gasteiger partial charge on any atom is -0.325 e. The third kappa shape index (κ3) is 4.80. The molecule has 0 saturated carbocycles. The molecule has 28 heavy (non-hydrogen) atoms. The number of thioether (sulfide) groups is 1. The topological polar surface area (TPSA) is 107 Å². The summed E-state index contributed by atoms with van der Waals surface area (Å²) in [6, 6.07) is 12.0. The van der Waals surface area contributed by atoms with Crippen LogP contribution in [0.1, 0.15) is 11.1 Å². The summed E-state index contributed by atoms with van der Waals surface area (Å²) >= 11 is 1.30. The molecule has 0 unspecified atom stereocenters. The van der Waals surface area contributed by atoms with Crippen molar-refractivity contribution in [2.45, 2.75) is 23.9 Å². The summed E-state index contributed by atoms with van der Waals surface area (Å²) in [4.78, 5) is 16.6. The van der Waals surface area contributed by atoms with Crippen molar-refractivity contribution in [3.05, 3.63) is 66.0 Å². The second kappa shape index (κ2) is 8.17. The Balaban J connectivity index is 1.69. The first-order valence-corrected chi connectivity index (χ1v) is 10.9. The van der Waals surface area contributed by atoms with Crippen LogP contribution in [0, 0.1) is 13.8 Å². The molecule has 0 bridgehead atoms. The second-order valence-electron chi connectivity index (χ2n) is 6.28. The highest BCUT2D eigenvalue weighted by atomic mass is 32.2. The lowest BCUT2D eigenvalue weighted by Gasteiger charge is -2.11. The number of nitrogens with two attached hydrogens (primary N) is 1. The van der Waals surface area contributed by atoms with E-state index in [0.29, 0.717) is 10.8 Å². The molecule has 0 fully saturated rings. The van der Waals surface area contributed by atoms with E-state index in [1.54, 1.807) is 12.3 Å². The normalized spacial score (nSPS) is 11.4. The number of amides is 1. The van der Waals surface area contributed by atoms with Gasteiger partial charge < -0.3 is 5.32 Å². The third-order valence-corrected chi connectivity index (χ3v) is 5.88. The van der Waals surface area contributed by atoms with Crippen molar-refractivity contribution in [3.8, 4) is 5.69 Å². The lowest BCUT2D eigenvalue weighted by molar-refractivity contribution is -0.113. The summed E-state index contributed by atoms with van der Waals surface area (Å²) in [7, 11) is -3.82. The Morgan fingerprint density at radius 3 is 2.71 bits per heavy atom. The van der Waals surface area contributed by atoms with Gasteiger partial charge in [-0.3, -0.25) is 9.36 Å². The van der Waals surface area contributed by atoms with Crippen molar-refractivity contribution in [2.75, 3.05) is 11.1 Å². The van der Waals surface area contributed by atoms with Gasteiger partial charge in [0.05, 0.1) is 16.3 Å². The first-order chi connectivity index (χ1) is 13.2. The van der Waals surface area contributed by atoms with Crippen molar-refractivity contribution < 1.29 is 13.2 Å². The highest BCUT2D eigenvalue weighted by Crippen LogP contribution is 2.24. The molecule has 3 N–H and O–H groups in total. The highest BCUT2D eigenvalue weighted by molar-refractivity contribution is 7.99. The van der Waals surface area contributed by atoms with Gasteiger partial charge >= 0.3 is 0 Å². The van der Waals surface area contributed by atoms with E-state index in [1.165, 1.54) is 35.5 Å². The minimum absolute atomic E-state index is 0.0525. The lowest BCUT2D eigenvalue weighted by atomic mass is 10.1. The number of benzene rings is 2. The largest absolute Gasteiger partial charge is 0.325 e. The number of aryl methyl sites for hydroxylation is 2. The summed E-state index contributed by atoms with van der Waals surface area (Å²) in [6.45, 7) is 4.07. The minimum atomic E-state index is -3.82. The molecule has 0 aliphatic rings. The molecule has 2 aromatic carbocycles. The Bertz CT molecular complexity index is 1120. The molecule has 3 aromatic rings. The first-order valence-electron chi connectivity index (χ1n) is 8.40. The fourth-order valence-corrected chi connectivity index (χ4v) is 4.06. The van der Waals surface area contributed by atoms with Gasteiger partial charge in [0.15, 0.2) is 5.16 Å². The molecule has 1 heterocycles. The molecule has 7 nitrogen and oxygen atoms in total. The number of nitrogens with one attached hydrogen (secondary N) is 1. The average molecular weight is 417 g/mol. The van der Waals surface area contributed by atoms with Gasteiger partial charge in [-0.2, -0.15) is 0 Å². The van der Waals surface area contributed by atoms with Gasteiger partial charge in [0, 0.05) is 18.1 Å². The van der Waals surface area contributed by atoms with E-state index in [2.05, 4.69) is 16.4 Å². The first kappa shape index (κ1) is 20.1. The SMILES string of the molecule is Cc1ccc(-n2ccnc2SCC(=O)Nc2cccc(S(N)(=O)=O)c2)c(C)c1. The van der Waals surface area contributed by atoms with Gasteiger partial charge in [-0.25, -0.2) is 18.5 Å². The van der Waals surface area contributed by atoms with Crippen LogP contribution < -0.4 is 10.5 Å². The predicted octanol–water partition coefficient (Wildman–Crippen LogP) is 2.87. The van der Waals surface area contributed by atoms with Gasteiger partial charge in [0.25, 0.3) is 0 Å². The van der Waals surface area contributed by atoms with Gasteiger partial charge in [-0.1, -0.05) is 35.5 Å². The van der Waals surface area contributed by atoms with Crippen LogP contribution >= 0.6 is 11.8 Å². The zero-order valence-electron chi connectivity index (χ0n) is 15.4. The molecule has 0 spiro atoms. The number of hydrogen-bond acceptors (Lipinski definition) is 5. The molecular formula is C19H20N4O3S2. The molecule has 1 aromatic heterocycles. The maximum Gasteiger partial charge on any atom is 0.238 e. The van der Waals surface area contributed by atoms with Crippen molar-refractivity contribution in [3.63, 3.8) is 0 Å². The molecule has 146 valence electrons. The molecule has 0 saturated heterocycles. The number of primary sulfonamides is 1. The maximum absolute atomic E-state index is 12.3. The molecule has 0 aliphatic carbocycles. The van der Waals surface area contributed by atoms with E-state index in [4.69, 9.17) is 5.14 Å². The molecule has 0 radical (unpaired) electrons. The summed E-state index contributed by atoms with van der Waals surface area (Å²) in [5.74, 6) is -0.145. The molecule has 0 atom stereocenters. The predicted molar refractivity (Wildman–Crippen MR) is 110 cm³/mol. The van der Waals surface area contributed by atoms with E-state index in [9.17, 15) is 13.2 Å². The number of sulfonamides is 1. The van der Waals surface area contributed by atoms with Crippen molar-refractivity contribution >= 4 is 33.4 Å². The van der Waals surface area contributed by atoms with Crippen LogP contribution in [-0.2, 0) is 14.8 Å². The smallest absolute Gasteiger partial charge is 0.238 e. The van der Waals surface area contributed by atoms with Gasteiger partial charge in [0.1, 0.15) is 0 Å². The Labute approximate surface area is 168 Å². The molecule has 1 amide bonds. The molecule has 3 rings (SSSR count). The quantitative estimate of drug-likeness (QED) is 0.601. The number of aromatic nitrogens is 2. The van der Waals surface area contributed by atoms with E-state index >= 15 is 0 Å². The standard InChI is InChI=1S/C19H20N4O3S2/c1-13-6-7-17(14(2)10-13)23-9-8-21-19(23)27-12-18(24)22-15-4-3-5-16(11-15)28(20,25)26/h3-11H,12H2,1-2H3,(H,22,24)(H2,20,25,26). The number of carbonyl (C=O) groups excluding carboxylic acids is 1. The summed E-state index contributed by atoms with van der Waals surface area (Å²) < 4.78 is 24.8. The summed E-state index contributed by atoms with van der Waals surface area (Å²) in [5.41, 5.74) is 3.67.